The van der Waals surface area contributed by atoms with E-state index in [1.54, 1.807) is 19.2 Å². The van der Waals surface area contributed by atoms with E-state index in [4.69, 9.17) is 4.74 Å². The van der Waals surface area contributed by atoms with E-state index in [9.17, 15) is 9.18 Å². The summed E-state index contributed by atoms with van der Waals surface area (Å²) < 4.78 is 18.2. The van der Waals surface area contributed by atoms with Crippen molar-refractivity contribution >= 4 is 30.7 Å². The number of amides is 1. The number of nitrogens with one attached hydrogen (secondary N) is 2. The minimum Gasteiger partial charge on any atom is -0.383 e. The van der Waals surface area contributed by atoms with Gasteiger partial charge in [-0.05, 0) is 37.1 Å². The van der Waals surface area contributed by atoms with Gasteiger partial charge in [-0.3, -0.25) is 9.69 Å². The highest BCUT2D eigenvalue weighted by atomic mass is 35.5. The number of carbonyl (C=O) groups excluding carboxylic acids is 1. The number of carbonyl (C=O) groups is 1. The Kier molecular flexibility index (Phi) is 13.7. The molecule has 8 heteroatoms. The van der Waals surface area contributed by atoms with E-state index < -0.39 is 0 Å². The Bertz CT molecular complexity index is 523. The largest absolute Gasteiger partial charge is 0.383 e. The van der Waals surface area contributed by atoms with Crippen LogP contribution in [0.15, 0.2) is 24.3 Å². The van der Waals surface area contributed by atoms with Gasteiger partial charge in [0.1, 0.15) is 5.82 Å². The van der Waals surface area contributed by atoms with Gasteiger partial charge in [-0.1, -0.05) is 12.1 Å². The molecule has 2 rings (SSSR count). The Morgan fingerprint density at radius 2 is 2.12 bits per heavy atom. The quantitative estimate of drug-likeness (QED) is 0.614. The number of ether oxygens (including phenoxy) is 1. The Balaban J connectivity index is 0.00000312. The molecular weight excluding hydrogens is 380 g/mol. The SMILES string of the molecule is COCCNCCNC(=O)C1CCCN(Cc2cccc(F)c2)C1.Cl.Cl. The molecule has 1 fully saturated rings. The molecule has 1 unspecified atom stereocenters. The predicted molar refractivity (Wildman–Crippen MR) is 107 cm³/mol. The minimum atomic E-state index is -0.209. The highest BCUT2D eigenvalue weighted by Gasteiger charge is 2.25. The Labute approximate surface area is 167 Å². The van der Waals surface area contributed by atoms with Crippen LogP contribution in [-0.4, -0.2) is 57.2 Å². The number of hydrogen-bond donors (Lipinski definition) is 2. The van der Waals surface area contributed by atoms with Gasteiger partial charge in [0.25, 0.3) is 0 Å². The highest BCUT2D eigenvalue weighted by Crippen LogP contribution is 2.19. The number of methoxy groups -OCH3 is 1. The molecule has 2 N–H and O–H groups in total. The van der Waals surface area contributed by atoms with Gasteiger partial charge in [0.05, 0.1) is 12.5 Å². The molecule has 0 aromatic heterocycles. The lowest BCUT2D eigenvalue weighted by Gasteiger charge is -2.32. The topological polar surface area (TPSA) is 53.6 Å². The Morgan fingerprint density at radius 3 is 2.85 bits per heavy atom. The van der Waals surface area contributed by atoms with Crippen LogP contribution >= 0.6 is 24.8 Å². The van der Waals surface area contributed by atoms with E-state index in [2.05, 4.69) is 15.5 Å². The molecule has 1 amide bonds. The van der Waals surface area contributed by atoms with E-state index in [0.717, 1.165) is 44.6 Å². The van der Waals surface area contributed by atoms with E-state index in [1.165, 1.54) is 6.07 Å². The number of benzene rings is 1. The second kappa shape index (κ2) is 14.2. The Morgan fingerprint density at radius 1 is 1.31 bits per heavy atom. The first-order valence-electron chi connectivity index (χ1n) is 8.63. The standard InChI is InChI=1S/C18H28FN3O2.2ClH/c1-24-11-9-20-7-8-21-18(23)16-5-3-10-22(14-16)13-15-4-2-6-17(19)12-15;;/h2,4,6,12,16,20H,3,5,7-11,13-14H2,1H3,(H,21,23);2*1H. The lowest BCUT2D eigenvalue weighted by molar-refractivity contribution is -0.126. The molecule has 0 spiro atoms. The zero-order chi connectivity index (χ0) is 17.2. The van der Waals surface area contributed by atoms with Crippen LogP contribution in [0.25, 0.3) is 0 Å². The van der Waals surface area contributed by atoms with E-state index in [-0.39, 0.29) is 42.5 Å². The molecule has 1 aliphatic rings. The van der Waals surface area contributed by atoms with Crippen molar-refractivity contribution in [1.29, 1.82) is 0 Å². The van der Waals surface area contributed by atoms with Crippen molar-refractivity contribution < 1.29 is 13.9 Å². The third kappa shape index (κ3) is 9.14. The van der Waals surface area contributed by atoms with Crippen LogP contribution in [0.4, 0.5) is 4.39 Å². The van der Waals surface area contributed by atoms with Gasteiger partial charge in [0.2, 0.25) is 5.91 Å². The van der Waals surface area contributed by atoms with Crippen molar-refractivity contribution in [2.45, 2.75) is 19.4 Å². The molecule has 26 heavy (non-hydrogen) atoms. The number of rotatable bonds is 9. The maximum Gasteiger partial charge on any atom is 0.224 e. The zero-order valence-electron chi connectivity index (χ0n) is 15.2. The van der Waals surface area contributed by atoms with Crippen molar-refractivity contribution in [2.24, 2.45) is 5.92 Å². The molecule has 1 aromatic carbocycles. The number of halogens is 3. The second-order valence-electron chi connectivity index (χ2n) is 6.24. The molecule has 1 heterocycles. The summed E-state index contributed by atoms with van der Waals surface area (Å²) in [6.45, 7) is 5.22. The third-order valence-corrected chi connectivity index (χ3v) is 4.26. The second-order valence-corrected chi connectivity index (χ2v) is 6.24. The van der Waals surface area contributed by atoms with Crippen molar-refractivity contribution in [3.05, 3.63) is 35.6 Å². The average Bonchev–Trinajstić information content (AvgIpc) is 2.58. The molecule has 0 aliphatic carbocycles. The fraction of sp³-hybridized carbons (Fsp3) is 0.611. The molecule has 1 aliphatic heterocycles. The maximum atomic E-state index is 13.3. The maximum absolute atomic E-state index is 13.3. The van der Waals surface area contributed by atoms with Gasteiger partial charge in [-0.2, -0.15) is 0 Å². The first-order chi connectivity index (χ1) is 11.7. The first kappa shape index (κ1) is 25.1. The highest BCUT2D eigenvalue weighted by molar-refractivity contribution is 5.85. The van der Waals surface area contributed by atoms with Crippen LogP contribution < -0.4 is 10.6 Å². The summed E-state index contributed by atoms with van der Waals surface area (Å²) in [6, 6.07) is 6.68. The van der Waals surface area contributed by atoms with Crippen LogP contribution in [0.3, 0.4) is 0 Å². The molecule has 1 aromatic rings. The van der Waals surface area contributed by atoms with Crippen LogP contribution in [0.2, 0.25) is 0 Å². The first-order valence-corrected chi connectivity index (χ1v) is 8.63. The Hall–Kier alpha value is -0.920. The summed E-state index contributed by atoms with van der Waals surface area (Å²) in [6.07, 6.45) is 1.92. The molecule has 0 bridgehead atoms. The van der Waals surface area contributed by atoms with Gasteiger partial charge < -0.3 is 15.4 Å². The monoisotopic (exact) mass is 409 g/mol. The minimum absolute atomic E-state index is 0. The number of likely N-dealkylation sites (tertiary alicyclic amines) is 1. The lowest BCUT2D eigenvalue weighted by Crippen LogP contribution is -2.44. The van der Waals surface area contributed by atoms with Crippen molar-refractivity contribution in [2.75, 3.05) is 46.4 Å². The fourth-order valence-electron chi connectivity index (χ4n) is 3.02. The molecule has 0 radical (unpaired) electrons. The predicted octanol–water partition coefficient (Wildman–Crippen LogP) is 2.23. The van der Waals surface area contributed by atoms with Gasteiger partial charge >= 0.3 is 0 Å². The number of piperidine rings is 1. The molecule has 1 atom stereocenters. The van der Waals surface area contributed by atoms with Gasteiger partial charge in [0.15, 0.2) is 0 Å². The number of nitrogens with zero attached hydrogens (tertiary/aromatic N) is 1. The van der Waals surface area contributed by atoms with Crippen molar-refractivity contribution in [3.63, 3.8) is 0 Å². The van der Waals surface area contributed by atoms with Gasteiger partial charge in [-0.25, -0.2) is 4.39 Å². The van der Waals surface area contributed by atoms with Crippen molar-refractivity contribution in [3.8, 4) is 0 Å². The summed E-state index contributed by atoms with van der Waals surface area (Å²) in [4.78, 5) is 14.5. The van der Waals surface area contributed by atoms with Crippen LogP contribution in [0.1, 0.15) is 18.4 Å². The fourth-order valence-corrected chi connectivity index (χ4v) is 3.02. The molecule has 5 nitrogen and oxygen atoms in total. The summed E-state index contributed by atoms with van der Waals surface area (Å²) in [7, 11) is 1.67. The van der Waals surface area contributed by atoms with Gasteiger partial charge in [-0.15, -0.1) is 24.8 Å². The summed E-state index contributed by atoms with van der Waals surface area (Å²) in [5.41, 5.74) is 0.957. The summed E-state index contributed by atoms with van der Waals surface area (Å²) in [5, 5.41) is 6.20. The summed E-state index contributed by atoms with van der Waals surface area (Å²) in [5.74, 6) is -0.0708. The normalized spacial score (nSPS) is 17.1. The van der Waals surface area contributed by atoms with Crippen LogP contribution in [0.5, 0.6) is 0 Å². The number of hydrogen-bond acceptors (Lipinski definition) is 4. The third-order valence-electron chi connectivity index (χ3n) is 4.26. The zero-order valence-corrected chi connectivity index (χ0v) is 16.8. The summed E-state index contributed by atoms with van der Waals surface area (Å²) >= 11 is 0. The van der Waals surface area contributed by atoms with Crippen molar-refractivity contribution in [1.82, 2.24) is 15.5 Å². The molecule has 0 saturated carbocycles. The van der Waals surface area contributed by atoms with Crippen LogP contribution in [0, 0.1) is 11.7 Å². The molecule has 1 saturated heterocycles. The smallest absolute Gasteiger partial charge is 0.224 e. The van der Waals surface area contributed by atoms with Gasteiger partial charge in [0, 0.05) is 39.8 Å². The molecular formula is C18H30Cl2FN3O2. The average molecular weight is 410 g/mol. The van der Waals surface area contributed by atoms with E-state index in [0.29, 0.717) is 19.7 Å². The van der Waals surface area contributed by atoms with E-state index >= 15 is 0 Å². The molecule has 150 valence electrons. The lowest BCUT2D eigenvalue weighted by atomic mass is 9.96. The van der Waals surface area contributed by atoms with Crippen LogP contribution in [-0.2, 0) is 16.1 Å². The van der Waals surface area contributed by atoms with E-state index in [1.807, 2.05) is 6.07 Å².